The molecule has 2 rings (SSSR count). The van der Waals surface area contributed by atoms with Crippen molar-refractivity contribution < 1.29 is 19.1 Å². The van der Waals surface area contributed by atoms with Gasteiger partial charge in [-0.1, -0.05) is 40.7 Å². The van der Waals surface area contributed by atoms with Gasteiger partial charge in [-0.3, -0.25) is 9.59 Å². The van der Waals surface area contributed by atoms with E-state index < -0.39 is 5.91 Å². The first-order chi connectivity index (χ1) is 15.0. The number of carbonyl (C=O) groups is 2. The number of hydrogen-bond donors (Lipinski definition) is 2. The topological polar surface area (TPSA) is 90.7 Å². The third-order valence-corrected chi connectivity index (χ3v) is 7.13. The molecule has 0 saturated heterocycles. The molecule has 180 valence electrons. The van der Waals surface area contributed by atoms with Crippen molar-refractivity contribution in [2.75, 3.05) is 20.8 Å². The van der Waals surface area contributed by atoms with E-state index >= 15 is 0 Å². The van der Waals surface area contributed by atoms with Gasteiger partial charge in [-0.05, 0) is 60.9 Å². The van der Waals surface area contributed by atoms with Gasteiger partial charge in [-0.2, -0.15) is 0 Å². The number of carbonyl (C=O) groups excluding carboxylic acids is 2. The van der Waals surface area contributed by atoms with Crippen molar-refractivity contribution in [2.24, 2.45) is 17.1 Å². The highest BCUT2D eigenvalue weighted by Gasteiger charge is 2.46. The maximum atomic E-state index is 12.4. The zero-order valence-electron chi connectivity index (χ0n) is 20.9. The van der Waals surface area contributed by atoms with E-state index in [9.17, 15) is 9.59 Å². The Balaban J connectivity index is 2.33. The Morgan fingerprint density at radius 1 is 1.22 bits per heavy atom. The predicted octanol–water partition coefficient (Wildman–Crippen LogP) is 3.99. The van der Waals surface area contributed by atoms with E-state index in [4.69, 9.17) is 15.2 Å². The summed E-state index contributed by atoms with van der Waals surface area (Å²) in [6.45, 7) is 11.5. The van der Waals surface area contributed by atoms with Crippen LogP contribution in [0, 0.1) is 11.3 Å². The van der Waals surface area contributed by atoms with E-state index in [1.165, 1.54) is 18.2 Å². The molecule has 0 radical (unpaired) electrons. The number of amides is 1. The standard InChI is InChI=1S/C26H42N2O4/c1-8-26(9-2)20-14-18(23(27)29)11-10-17(20)15-21(31-6)22(26)28-13-12-19(24(30)32-7)16-25(3,4)5/h10-11,14,19,21-22,28H,8-9,12-13,15-16H2,1-7H3,(H2,27,29)/t19-,21-,22+/m0/s1. The van der Waals surface area contributed by atoms with E-state index in [-0.39, 0.29) is 34.9 Å². The lowest BCUT2D eigenvalue weighted by Crippen LogP contribution is -2.59. The van der Waals surface area contributed by atoms with Crippen LogP contribution in [0.2, 0.25) is 0 Å². The van der Waals surface area contributed by atoms with Crippen LogP contribution in [0.4, 0.5) is 0 Å². The Kier molecular flexibility index (Phi) is 8.89. The van der Waals surface area contributed by atoms with Gasteiger partial charge in [0.15, 0.2) is 0 Å². The van der Waals surface area contributed by atoms with Crippen LogP contribution in [-0.2, 0) is 26.1 Å². The SMILES string of the molecule is CCC1(CC)c2cc(C(N)=O)ccc2C[C@H](OC)[C@H]1NCC[C@@H](CC(C)(C)C)C(=O)OC. The van der Waals surface area contributed by atoms with Crippen molar-refractivity contribution in [3.8, 4) is 0 Å². The van der Waals surface area contributed by atoms with Crippen molar-refractivity contribution >= 4 is 11.9 Å². The fourth-order valence-electron chi connectivity index (χ4n) is 5.47. The number of nitrogens with one attached hydrogen (secondary N) is 1. The summed E-state index contributed by atoms with van der Waals surface area (Å²) in [6.07, 6.45) is 4.05. The van der Waals surface area contributed by atoms with Crippen molar-refractivity contribution in [3.63, 3.8) is 0 Å². The minimum Gasteiger partial charge on any atom is -0.469 e. The summed E-state index contributed by atoms with van der Waals surface area (Å²) in [6, 6.07) is 5.87. The molecule has 6 nitrogen and oxygen atoms in total. The molecule has 6 heteroatoms. The Bertz CT molecular complexity index is 796. The van der Waals surface area contributed by atoms with Crippen LogP contribution in [0.3, 0.4) is 0 Å². The molecule has 3 N–H and O–H groups in total. The molecule has 0 saturated carbocycles. The summed E-state index contributed by atoms with van der Waals surface area (Å²) >= 11 is 0. The molecule has 0 fully saturated rings. The van der Waals surface area contributed by atoms with Gasteiger partial charge in [0.1, 0.15) is 0 Å². The molecule has 1 aromatic carbocycles. The Labute approximate surface area is 193 Å². The highest BCUT2D eigenvalue weighted by molar-refractivity contribution is 5.93. The third kappa shape index (κ3) is 5.70. The van der Waals surface area contributed by atoms with Gasteiger partial charge < -0.3 is 20.5 Å². The second-order valence-corrected chi connectivity index (χ2v) is 10.3. The lowest BCUT2D eigenvalue weighted by atomic mass is 9.62. The Morgan fingerprint density at radius 3 is 2.38 bits per heavy atom. The zero-order chi connectivity index (χ0) is 24.1. The molecule has 0 bridgehead atoms. The van der Waals surface area contributed by atoms with Crippen LogP contribution in [0.1, 0.15) is 81.8 Å². The van der Waals surface area contributed by atoms with Gasteiger partial charge in [-0.25, -0.2) is 0 Å². The van der Waals surface area contributed by atoms with Crippen LogP contribution in [0.15, 0.2) is 18.2 Å². The summed E-state index contributed by atoms with van der Waals surface area (Å²) < 4.78 is 11.0. The van der Waals surface area contributed by atoms with Crippen molar-refractivity contribution in [2.45, 2.75) is 84.3 Å². The fraction of sp³-hybridized carbons (Fsp3) is 0.692. The average molecular weight is 447 g/mol. The molecule has 1 amide bonds. The third-order valence-electron chi connectivity index (χ3n) is 7.13. The monoisotopic (exact) mass is 446 g/mol. The van der Waals surface area contributed by atoms with Gasteiger partial charge >= 0.3 is 5.97 Å². The Morgan fingerprint density at radius 2 is 1.88 bits per heavy atom. The molecule has 0 spiro atoms. The summed E-state index contributed by atoms with van der Waals surface area (Å²) in [4.78, 5) is 24.2. The number of primary amides is 1. The first-order valence-corrected chi connectivity index (χ1v) is 11.8. The number of esters is 1. The van der Waals surface area contributed by atoms with E-state index in [1.54, 1.807) is 7.11 Å². The summed E-state index contributed by atoms with van der Waals surface area (Å²) in [5.74, 6) is -0.707. The number of fused-ring (bicyclic) bond motifs is 1. The van der Waals surface area contributed by atoms with Crippen LogP contribution in [-0.4, -0.2) is 44.8 Å². The van der Waals surface area contributed by atoms with Crippen molar-refractivity contribution in [1.82, 2.24) is 5.32 Å². The normalized spacial score (nSPS) is 21.0. The molecule has 32 heavy (non-hydrogen) atoms. The van der Waals surface area contributed by atoms with Crippen LogP contribution in [0.25, 0.3) is 0 Å². The van der Waals surface area contributed by atoms with Gasteiger partial charge in [0, 0.05) is 30.6 Å². The lowest BCUT2D eigenvalue weighted by Gasteiger charge is -2.49. The largest absolute Gasteiger partial charge is 0.469 e. The predicted molar refractivity (Wildman–Crippen MR) is 128 cm³/mol. The smallest absolute Gasteiger partial charge is 0.308 e. The molecule has 1 aromatic rings. The molecule has 1 aliphatic rings. The summed E-state index contributed by atoms with van der Waals surface area (Å²) in [5, 5.41) is 3.75. The van der Waals surface area contributed by atoms with E-state index in [1.807, 2.05) is 18.2 Å². The van der Waals surface area contributed by atoms with E-state index in [2.05, 4.69) is 39.9 Å². The summed E-state index contributed by atoms with van der Waals surface area (Å²) in [7, 11) is 3.22. The van der Waals surface area contributed by atoms with Gasteiger partial charge in [0.2, 0.25) is 5.91 Å². The highest BCUT2D eigenvalue weighted by Crippen LogP contribution is 2.44. The summed E-state index contributed by atoms with van der Waals surface area (Å²) in [5.41, 5.74) is 8.38. The van der Waals surface area contributed by atoms with Crippen molar-refractivity contribution in [1.29, 1.82) is 0 Å². The average Bonchev–Trinajstić information content (AvgIpc) is 2.75. The number of rotatable bonds is 10. The number of hydrogen-bond acceptors (Lipinski definition) is 5. The van der Waals surface area contributed by atoms with Crippen LogP contribution < -0.4 is 11.1 Å². The van der Waals surface area contributed by atoms with Crippen LogP contribution >= 0.6 is 0 Å². The fourth-order valence-corrected chi connectivity index (χ4v) is 5.47. The van der Waals surface area contributed by atoms with E-state index in [0.29, 0.717) is 18.5 Å². The zero-order valence-corrected chi connectivity index (χ0v) is 20.9. The number of nitrogens with two attached hydrogens (primary N) is 1. The maximum absolute atomic E-state index is 12.4. The molecule has 0 aromatic heterocycles. The second-order valence-electron chi connectivity index (χ2n) is 10.3. The number of ether oxygens (including phenoxy) is 2. The first kappa shape index (κ1) is 26.3. The highest BCUT2D eigenvalue weighted by atomic mass is 16.5. The van der Waals surface area contributed by atoms with Crippen LogP contribution in [0.5, 0.6) is 0 Å². The minimum atomic E-state index is -0.407. The van der Waals surface area contributed by atoms with Gasteiger partial charge in [-0.15, -0.1) is 0 Å². The molecular weight excluding hydrogens is 404 g/mol. The molecule has 0 unspecified atom stereocenters. The number of methoxy groups -OCH3 is 2. The number of benzene rings is 1. The molecule has 0 aliphatic heterocycles. The molecule has 0 heterocycles. The molecular formula is C26H42N2O4. The van der Waals surface area contributed by atoms with Crippen molar-refractivity contribution in [3.05, 3.63) is 34.9 Å². The van der Waals surface area contributed by atoms with Gasteiger partial charge in [0.05, 0.1) is 19.1 Å². The quantitative estimate of drug-likeness (QED) is 0.531. The maximum Gasteiger partial charge on any atom is 0.308 e. The van der Waals surface area contributed by atoms with Gasteiger partial charge in [0.25, 0.3) is 0 Å². The first-order valence-electron chi connectivity index (χ1n) is 11.8. The minimum absolute atomic E-state index is 0.000945. The van der Waals surface area contributed by atoms with E-state index in [0.717, 1.165) is 25.7 Å². The lowest BCUT2D eigenvalue weighted by molar-refractivity contribution is -0.146. The Hall–Kier alpha value is -1.92. The molecule has 1 aliphatic carbocycles. The molecule has 3 atom stereocenters. The second kappa shape index (κ2) is 10.8.